The molecule has 0 bridgehead atoms. The molecule has 26 heavy (non-hydrogen) atoms. The second-order valence-corrected chi connectivity index (χ2v) is 9.46. The van der Waals surface area contributed by atoms with Gasteiger partial charge in [0.15, 0.2) is 0 Å². The van der Waals surface area contributed by atoms with Gasteiger partial charge >= 0.3 is 0 Å². The van der Waals surface area contributed by atoms with Crippen molar-refractivity contribution in [1.82, 2.24) is 15.0 Å². The molecule has 2 saturated carbocycles. The Morgan fingerprint density at radius 2 is 1.88 bits per heavy atom. The van der Waals surface area contributed by atoms with Gasteiger partial charge in [0.2, 0.25) is 15.9 Å². The number of aromatic amines is 1. The van der Waals surface area contributed by atoms with E-state index in [1.165, 1.54) is 0 Å². The summed E-state index contributed by atoms with van der Waals surface area (Å²) in [5.74, 6) is -0.223. The molecular weight excluding hydrogens is 350 g/mol. The fourth-order valence-electron chi connectivity index (χ4n) is 3.73. The highest BCUT2D eigenvalue weighted by Crippen LogP contribution is 2.26. The van der Waals surface area contributed by atoms with E-state index in [1.54, 1.807) is 0 Å². The minimum Gasteiger partial charge on any atom is -0.361 e. The van der Waals surface area contributed by atoms with E-state index in [4.69, 9.17) is 0 Å². The largest absolute Gasteiger partial charge is 0.361 e. The second-order valence-electron chi connectivity index (χ2n) is 7.47. The minimum absolute atomic E-state index is 0.198. The van der Waals surface area contributed by atoms with Crippen LogP contribution in [-0.2, 0) is 21.2 Å². The van der Waals surface area contributed by atoms with E-state index in [0.29, 0.717) is 19.3 Å². The van der Waals surface area contributed by atoms with E-state index in [2.05, 4.69) is 15.0 Å². The van der Waals surface area contributed by atoms with Crippen molar-refractivity contribution in [2.24, 2.45) is 0 Å². The Morgan fingerprint density at radius 3 is 2.62 bits per heavy atom. The highest BCUT2D eigenvalue weighted by atomic mass is 32.2. The SMILES string of the molecule is O=C(NC1CC1)[C@@H](Cc1c[nH]c2ccccc12)NS(=O)(=O)C1CCCC1. The summed E-state index contributed by atoms with van der Waals surface area (Å²) in [6, 6.07) is 7.28. The van der Waals surface area contributed by atoms with Gasteiger partial charge in [0, 0.05) is 23.1 Å². The number of H-pyrrole nitrogens is 1. The number of aromatic nitrogens is 1. The molecule has 140 valence electrons. The summed E-state index contributed by atoms with van der Waals surface area (Å²) in [5.41, 5.74) is 1.94. The van der Waals surface area contributed by atoms with Crippen LogP contribution < -0.4 is 10.0 Å². The standard InChI is InChI=1S/C19H25N3O3S/c23-19(21-14-9-10-14)18(22-26(24,25)15-5-1-2-6-15)11-13-12-20-17-8-4-3-7-16(13)17/h3-4,7-8,12,14-15,18,20,22H,1-2,5-6,9-11H2,(H,21,23)/t18-/m1/s1. The lowest BCUT2D eigenvalue weighted by atomic mass is 10.1. The van der Waals surface area contributed by atoms with Crippen molar-refractivity contribution in [3.63, 3.8) is 0 Å². The number of hydrogen-bond acceptors (Lipinski definition) is 3. The quantitative estimate of drug-likeness (QED) is 0.693. The van der Waals surface area contributed by atoms with Crippen molar-refractivity contribution >= 4 is 26.8 Å². The summed E-state index contributed by atoms with van der Waals surface area (Å²) < 4.78 is 28.2. The number of nitrogens with one attached hydrogen (secondary N) is 3. The fourth-order valence-corrected chi connectivity index (χ4v) is 5.46. The molecule has 0 unspecified atom stereocenters. The molecule has 0 radical (unpaired) electrons. The number of rotatable bonds is 7. The molecule has 2 aromatic rings. The third-order valence-electron chi connectivity index (χ3n) is 5.39. The highest BCUT2D eigenvalue weighted by molar-refractivity contribution is 7.90. The lowest BCUT2D eigenvalue weighted by Gasteiger charge is -2.21. The second kappa shape index (κ2) is 7.04. The van der Waals surface area contributed by atoms with E-state index in [9.17, 15) is 13.2 Å². The molecule has 3 N–H and O–H groups in total. The highest BCUT2D eigenvalue weighted by Gasteiger charge is 2.35. The smallest absolute Gasteiger partial charge is 0.238 e. The van der Waals surface area contributed by atoms with Crippen molar-refractivity contribution in [3.05, 3.63) is 36.0 Å². The molecule has 1 aromatic heterocycles. The van der Waals surface area contributed by atoms with Crippen molar-refractivity contribution in [1.29, 1.82) is 0 Å². The van der Waals surface area contributed by atoms with Crippen LogP contribution in [0, 0.1) is 0 Å². The summed E-state index contributed by atoms with van der Waals surface area (Å²) in [4.78, 5) is 15.9. The van der Waals surface area contributed by atoms with Gasteiger partial charge in [0.1, 0.15) is 6.04 Å². The third-order valence-corrected chi connectivity index (χ3v) is 7.35. The van der Waals surface area contributed by atoms with E-state index < -0.39 is 16.1 Å². The molecule has 1 heterocycles. The van der Waals surface area contributed by atoms with Gasteiger partial charge in [0.05, 0.1) is 5.25 Å². The molecule has 0 saturated heterocycles. The van der Waals surface area contributed by atoms with Crippen LogP contribution in [-0.4, -0.2) is 36.6 Å². The van der Waals surface area contributed by atoms with Gasteiger partial charge in [-0.3, -0.25) is 4.79 Å². The van der Waals surface area contributed by atoms with E-state index in [0.717, 1.165) is 42.1 Å². The molecule has 6 nitrogen and oxygen atoms in total. The van der Waals surface area contributed by atoms with Crippen LogP contribution in [0.15, 0.2) is 30.5 Å². The Kier molecular flexibility index (Phi) is 4.75. The van der Waals surface area contributed by atoms with Gasteiger partial charge < -0.3 is 10.3 Å². The number of hydrogen-bond donors (Lipinski definition) is 3. The number of para-hydroxylation sites is 1. The van der Waals surface area contributed by atoms with Crippen molar-refractivity contribution in [2.75, 3.05) is 0 Å². The molecule has 1 amide bonds. The molecule has 0 aliphatic heterocycles. The Labute approximate surface area is 153 Å². The van der Waals surface area contributed by atoms with Crippen LogP contribution in [0.4, 0.5) is 0 Å². The van der Waals surface area contributed by atoms with Crippen molar-refractivity contribution in [2.45, 2.75) is 62.3 Å². The van der Waals surface area contributed by atoms with Gasteiger partial charge in [-0.1, -0.05) is 31.0 Å². The number of sulfonamides is 1. The predicted molar refractivity (Wildman–Crippen MR) is 101 cm³/mol. The minimum atomic E-state index is -3.50. The topological polar surface area (TPSA) is 91.1 Å². The maximum Gasteiger partial charge on any atom is 0.238 e. The lowest BCUT2D eigenvalue weighted by molar-refractivity contribution is -0.122. The predicted octanol–water partition coefficient (Wildman–Crippen LogP) is 2.22. The van der Waals surface area contributed by atoms with Gasteiger partial charge in [-0.2, -0.15) is 0 Å². The van der Waals surface area contributed by atoms with E-state index in [1.807, 2.05) is 30.5 Å². The third kappa shape index (κ3) is 3.78. The summed E-state index contributed by atoms with van der Waals surface area (Å²) in [5, 5.41) is 3.60. The summed E-state index contributed by atoms with van der Waals surface area (Å²) in [7, 11) is -3.50. The van der Waals surface area contributed by atoms with Gasteiger partial charge in [-0.25, -0.2) is 13.1 Å². The lowest BCUT2D eigenvalue weighted by Crippen LogP contribution is -2.50. The number of carbonyl (C=O) groups is 1. The first-order valence-electron chi connectivity index (χ1n) is 9.39. The molecule has 1 aromatic carbocycles. The Balaban J connectivity index is 1.56. The van der Waals surface area contributed by atoms with Crippen LogP contribution in [0.1, 0.15) is 44.1 Å². The summed E-state index contributed by atoms with van der Waals surface area (Å²) in [6.45, 7) is 0. The number of fused-ring (bicyclic) bond motifs is 1. The maximum atomic E-state index is 12.7. The van der Waals surface area contributed by atoms with Crippen molar-refractivity contribution in [3.8, 4) is 0 Å². The van der Waals surface area contributed by atoms with Crippen LogP contribution >= 0.6 is 0 Å². The van der Waals surface area contributed by atoms with E-state index in [-0.39, 0.29) is 17.2 Å². The zero-order valence-corrected chi connectivity index (χ0v) is 15.5. The normalized spacial score (nSPS) is 19.7. The molecule has 0 spiro atoms. The van der Waals surface area contributed by atoms with E-state index >= 15 is 0 Å². The maximum absolute atomic E-state index is 12.7. The first kappa shape index (κ1) is 17.5. The molecule has 2 fully saturated rings. The number of amides is 1. The number of benzene rings is 1. The average Bonchev–Trinajstić information content (AvgIpc) is 3.12. The molecule has 2 aliphatic carbocycles. The molecule has 1 atom stereocenters. The Bertz CT molecular complexity index is 896. The first-order valence-corrected chi connectivity index (χ1v) is 10.9. The van der Waals surface area contributed by atoms with Crippen LogP contribution in [0.2, 0.25) is 0 Å². The average molecular weight is 375 g/mol. The number of carbonyl (C=O) groups excluding carboxylic acids is 1. The Morgan fingerprint density at radius 1 is 1.15 bits per heavy atom. The van der Waals surface area contributed by atoms with Crippen molar-refractivity contribution < 1.29 is 13.2 Å². The molecule has 2 aliphatic rings. The zero-order chi connectivity index (χ0) is 18.1. The van der Waals surface area contributed by atoms with Gasteiger partial charge in [0.25, 0.3) is 0 Å². The van der Waals surface area contributed by atoms with Gasteiger partial charge in [-0.15, -0.1) is 0 Å². The zero-order valence-electron chi connectivity index (χ0n) is 14.7. The summed E-state index contributed by atoms with van der Waals surface area (Å²) in [6.07, 6.45) is 7.39. The molecular formula is C19H25N3O3S. The monoisotopic (exact) mass is 375 g/mol. The first-order chi connectivity index (χ1) is 12.5. The van der Waals surface area contributed by atoms with Crippen LogP contribution in [0.3, 0.4) is 0 Å². The Hall–Kier alpha value is -1.86. The molecule has 4 rings (SSSR count). The van der Waals surface area contributed by atoms with Crippen LogP contribution in [0.5, 0.6) is 0 Å². The van der Waals surface area contributed by atoms with Gasteiger partial charge in [-0.05, 0) is 43.7 Å². The van der Waals surface area contributed by atoms with Crippen LogP contribution in [0.25, 0.3) is 10.9 Å². The fraction of sp³-hybridized carbons (Fsp3) is 0.526. The molecule has 7 heteroatoms. The summed E-state index contributed by atoms with van der Waals surface area (Å²) >= 11 is 0.